The number of fused-ring (bicyclic) bond motifs is 4. The fraction of sp³-hybridized carbons (Fsp3) is 0.500. The second-order valence-electron chi connectivity index (χ2n) is 8.80. The summed E-state index contributed by atoms with van der Waals surface area (Å²) < 4.78 is 53.6. The molecular formula is C22H24F4N6O. The highest BCUT2D eigenvalue weighted by atomic mass is 19.4. The average Bonchev–Trinajstić information content (AvgIpc) is 2.79. The summed E-state index contributed by atoms with van der Waals surface area (Å²) in [4.78, 5) is 25.5. The van der Waals surface area contributed by atoms with Crippen LogP contribution in [0.3, 0.4) is 0 Å². The molecule has 2 aromatic rings. The van der Waals surface area contributed by atoms with E-state index in [-0.39, 0.29) is 36.2 Å². The first-order chi connectivity index (χ1) is 15.8. The average molecular weight is 464 g/mol. The number of rotatable bonds is 3. The zero-order valence-electron chi connectivity index (χ0n) is 17.8. The van der Waals surface area contributed by atoms with Gasteiger partial charge in [0.05, 0.1) is 23.4 Å². The summed E-state index contributed by atoms with van der Waals surface area (Å²) >= 11 is 0. The SMILES string of the molecule is O=C(Nc1ccc(F)cn1)c1cc2c(nc1N1CCCC(C(F)(F)F)C1)NC1CCCN2C1. The van der Waals surface area contributed by atoms with E-state index >= 15 is 0 Å². The Hall–Kier alpha value is -3.11. The number of nitrogens with zero attached hydrogens (tertiary/aromatic N) is 4. The third kappa shape index (κ3) is 4.40. The van der Waals surface area contributed by atoms with E-state index in [1.54, 1.807) is 11.0 Å². The second kappa shape index (κ2) is 8.35. The van der Waals surface area contributed by atoms with Gasteiger partial charge < -0.3 is 20.4 Å². The molecule has 33 heavy (non-hydrogen) atoms. The van der Waals surface area contributed by atoms with Gasteiger partial charge in [-0.15, -0.1) is 0 Å². The number of nitrogens with one attached hydrogen (secondary N) is 2. The number of pyridine rings is 2. The lowest BCUT2D eigenvalue weighted by atomic mass is 9.96. The number of anilines is 4. The quantitative estimate of drug-likeness (QED) is 0.668. The number of piperidine rings is 2. The Morgan fingerprint density at radius 2 is 1.91 bits per heavy atom. The highest BCUT2D eigenvalue weighted by Crippen LogP contribution is 2.40. The fourth-order valence-corrected chi connectivity index (χ4v) is 4.83. The largest absolute Gasteiger partial charge is 0.393 e. The minimum absolute atomic E-state index is 0.0556. The van der Waals surface area contributed by atoms with E-state index in [2.05, 4.69) is 25.5 Å². The van der Waals surface area contributed by atoms with Crippen molar-refractivity contribution in [1.82, 2.24) is 9.97 Å². The molecule has 2 atom stereocenters. The van der Waals surface area contributed by atoms with Gasteiger partial charge >= 0.3 is 6.18 Å². The van der Waals surface area contributed by atoms with Crippen LogP contribution in [-0.4, -0.2) is 54.3 Å². The van der Waals surface area contributed by atoms with Gasteiger partial charge in [0, 0.05) is 32.2 Å². The van der Waals surface area contributed by atoms with Crippen LogP contribution in [0.1, 0.15) is 36.0 Å². The van der Waals surface area contributed by atoms with E-state index in [9.17, 15) is 22.4 Å². The van der Waals surface area contributed by atoms with Gasteiger partial charge in [0.2, 0.25) is 0 Å². The van der Waals surface area contributed by atoms with E-state index in [1.807, 2.05) is 0 Å². The standard InChI is InChI=1S/C22H24F4N6O/c23-14-5-6-18(27-10-14)29-21(33)16-9-17-19(28-15-4-2-7-31(17)12-15)30-20(16)32-8-1-3-13(11-32)22(24,25)26/h5-6,9-10,13,15H,1-4,7-8,11-12H2,(H,28,30)(H,27,29,33). The molecule has 0 spiro atoms. The van der Waals surface area contributed by atoms with E-state index < -0.39 is 23.8 Å². The summed E-state index contributed by atoms with van der Waals surface area (Å²) in [6.45, 7) is 1.74. The molecule has 3 aliphatic heterocycles. The van der Waals surface area contributed by atoms with Gasteiger partial charge in [-0.05, 0) is 43.9 Å². The summed E-state index contributed by atoms with van der Waals surface area (Å²) in [5.74, 6) is -1.61. The van der Waals surface area contributed by atoms with Crippen LogP contribution in [0.4, 0.5) is 40.7 Å². The first kappa shape index (κ1) is 21.7. The number of amides is 1. The smallest absolute Gasteiger partial charge is 0.366 e. The van der Waals surface area contributed by atoms with E-state index in [1.165, 1.54) is 12.1 Å². The van der Waals surface area contributed by atoms with Gasteiger partial charge in [-0.2, -0.15) is 13.2 Å². The van der Waals surface area contributed by atoms with Crippen molar-refractivity contribution >= 4 is 29.0 Å². The first-order valence-electron chi connectivity index (χ1n) is 11.1. The third-order valence-electron chi connectivity index (χ3n) is 6.48. The van der Waals surface area contributed by atoms with E-state index in [0.717, 1.165) is 37.8 Å². The molecule has 2 fully saturated rings. The number of halogens is 4. The highest BCUT2D eigenvalue weighted by Gasteiger charge is 2.43. The molecule has 11 heteroatoms. The minimum atomic E-state index is -4.31. The predicted molar refractivity (Wildman–Crippen MR) is 116 cm³/mol. The van der Waals surface area contributed by atoms with Gasteiger partial charge in [0.15, 0.2) is 5.82 Å². The molecule has 1 amide bonds. The van der Waals surface area contributed by atoms with Crippen LogP contribution < -0.4 is 20.4 Å². The first-order valence-corrected chi connectivity index (χ1v) is 11.1. The Morgan fingerprint density at radius 3 is 2.67 bits per heavy atom. The molecule has 2 saturated heterocycles. The van der Waals surface area contributed by atoms with E-state index in [0.29, 0.717) is 18.8 Å². The van der Waals surface area contributed by atoms with Crippen molar-refractivity contribution in [3.05, 3.63) is 35.8 Å². The van der Waals surface area contributed by atoms with Gasteiger partial charge in [0.25, 0.3) is 5.91 Å². The summed E-state index contributed by atoms with van der Waals surface area (Å²) in [6.07, 6.45) is -0.928. The molecule has 0 saturated carbocycles. The summed E-state index contributed by atoms with van der Waals surface area (Å²) in [5, 5.41) is 6.01. The minimum Gasteiger partial charge on any atom is -0.366 e. The molecular weight excluding hydrogens is 440 g/mol. The lowest BCUT2D eigenvalue weighted by Gasteiger charge is -2.42. The molecule has 2 N–H and O–H groups in total. The monoisotopic (exact) mass is 464 g/mol. The maximum Gasteiger partial charge on any atom is 0.393 e. The van der Waals surface area contributed by atoms with Gasteiger partial charge in [-0.25, -0.2) is 14.4 Å². The van der Waals surface area contributed by atoms with Crippen molar-refractivity contribution < 1.29 is 22.4 Å². The topological polar surface area (TPSA) is 73.4 Å². The van der Waals surface area contributed by atoms with Crippen molar-refractivity contribution in [1.29, 1.82) is 0 Å². The fourth-order valence-electron chi connectivity index (χ4n) is 4.83. The molecule has 176 valence electrons. The molecule has 2 unspecified atom stereocenters. The molecule has 0 aromatic carbocycles. The van der Waals surface area contributed by atoms with Crippen molar-refractivity contribution in [3.8, 4) is 0 Å². The maximum absolute atomic E-state index is 13.5. The van der Waals surface area contributed by atoms with Gasteiger partial charge in [-0.3, -0.25) is 4.79 Å². The maximum atomic E-state index is 13.5. The van der Waals surface area contributed by atoms with Crippen molar-refractivity contribution in [3.63, 3.8) is 0 Å². The van der Waals surface area contributed by atoms with Crippen LogP contribution in [0, 0.1) is 11.7 Å². The number of carbonyl (C=O) groups excluding carboxylic acids is 1. The zero-order valence-corrected chi connectivity index (χ0v) is 17.8. The van der Waals surface area contributed by atoms with Gasteiger partial charge in [0.1, 0.15) is 17.5 Å². The van der Waals surface area contributed by atoms with Crippen LogP contribution in [0.15, 0.2) is 24.4 Å². The van der Waals surface area contributed by atoms with Crippen molar-refractivity contribution in [2.45, 2.75) is 37.9 Å². The zero-order chi connectivity index (χ0) is 23.2. The number of carbonyl (C=O) groups is 1. The number of alkyl halides is 3. The Labute approximate surface area is 188 Å². The molecule has 0 radical (unpaired) electrons. The molecule has 2 bridgehead atoms. The summed E-state index contributed by atoms with van der Waals surface area (Å²) in [6, 6.07) is 4.42. The number of hydrogen-bond donors (Lipinski definition) is 2. The van der Waals surface area contributed by atoms with Crippen molar-refractivity contribution in [2.24, 2.45) is 5.92 Å². The Balaban J connectivity index is 1.52. The van der Waals surface area contributed by atoms with Gasteiger partial charge in [-0.1, -0.05) is 0 Å². The molecule has 0 aliphatic carbocycles. The summed E-state index contributed by atoms with van der Waals surface area (Å²) in [5.41, 5.74) is 0.935. The van der Waals surface area contributed by atoms with E-state index in [4.69, 9.17) is 0 Å². The Kier molecular flexibility index (Phi) is 5.49. The Morgan fingerprint density at radius 1 is 1.12 bits per heavy atom. The lowest BCUT2D eigenvalue weighted by molar-refractivity contribution is -0.176. The summed E-state index contributed by atoms with van der Waals surface area (Å²) in [7, 11) is 0. The second-order valence-corrected chi connectivity index (χ2v) is 8.80. The van der Waals surface area contributed by atoms with Crippen LogP contribution in [0.5, 0.6) is 0 Å². The van der Waals surface area contributed by atoms with Crippen LogP contribution >= 0.6 is 0 Å². The predicted octanol–water partition coefficient (Wildman–Crippen LogP) is 4.04. The van der Waals surface area contributed by atoms with Crippen molar-refractivity contribution in [2.75, 3.05) is 46.6 Å². The van der Waals surface area contributed by atoms with Crippen LogP contribution in [0.2, 0.25) is 0 Å². The molecule has 5 heterocycles. The number of aromatic nitrogens is 2. The molecule has 5 rings (SSSR count). The molecule has 3 aliphatic rings. The number of hydrogen-bond acceptors (Lipinski definition) is 6. The molecule has 7 nitrogen and oxygen atoms in total. The Bertz CT molecular complexity index is 1040. The van der Waals surface area contributed by atoms with Crippen LogP contribution in [0.25, 0.3) is 0 Å². The lowest BCUT2D eigenvalue weighted by Crippen LogP contribution is -2.47. The highest BCUT2D eigenvalue weighted by molar-refractivity contribution is 6.08. The molecule has 2 aromatic heterocycles. The third-order valence-corrected chi connectivity index (χ3v) is 6.48. The normalized spacial score (nSPS) is 22.4. The van der Waals surface area contributed by atoms with Crippen LogP contribution in [-0.2, 0) is 0 Å².